The van der Waals surface area contributed by atoms with Crippen LogP contribution in [0, 0.1) is 12.8 Å². The van der Waals surface area contributed by atoms with Crippen LogP contribution in [0.15, 0.2) is 54.6 Å². The maximum Gasteiger partial charge on any atom is 0.339 e. The van der Waals surface area contributed by atoms with Gasteiger partial charge in [-0.2, -0.15) is 0 Å². The molecule has 1 aliphatic rings. The van der Waals surface area contributed by atoms with Crippen LogP contribution < -0.4 is 5.32 Å². The lowest BCUT2D eigenvalue weighted by molar-refractivity contribution is -0.125. The molecule has 0 bridgehead atoms. The summed E-state index contributed by atoms with van der Waals surface area (Å²) in [6.07, 6.45) is 4.44. The van der Waals surface area contributed by atoms with Gasteiger partial charge < -0.3 is 10.1 Å². The first kappa shape index (κ1) is 21.0. The predicted octanol–water partition coefficient (Wildman–Crippen LogP) is 5.06. The van der Waals surface area contributed by atoms with E-state index in [9.17, 15) is 9.59 Å². The van der Waals surface area contributed by atoms with Gasteiger partial charge in [0.15, 0.2) is 6.61 Å². The second-order valence-corrected chi connectivity index (χ2v) is 8.45. The van der Waals surface area contributed by atoms with Gasteiger partial charge in [0.25, 0.3) is 5.91 Å². The minimum atomic E-state index is -0.515. The Morgan fingerprint density at radius 1 is 1.06 bits per heavy atom. The van der Waals surface area contributed by atoms with E-state index in [0.29, 0.717) is 28.1 Å². The first-order valence-corrected chi connectivity index (χ1v) is 10.9. The molecule has 4 rings (SSSR count). The maximum absolute atomic E-state index is 12.9. The number of hydrogen-bond acceptors (Lipinski definition) is 4. The molecule has 0 radical (unpaired) electrons. The molecule has 2 atom stereocenters. The highest BCUT2D eigenvalue weighted by atomic mass is 16.5. The van der Waals surface area contributed by atoms with E-state index < -0.39 is 5.97 Å². The minimum absolute atomic E-state index is 0.162. The number of fused-ring (bicyclic) bond motifs is 1. The van der Waals surface area contributed by atoms with Gasteiger partial charge in [-0.05, 0) is 37.8 Å². The van der Waals surface area contributed by atoms with Gasteiger partial charge in [0, 0.05) is 17.0 Å². The normalized spacial score (nSPS) is 18.5. The molecule has 31 heavy (non-hydrogen) atoms. The number of esters is 1. The molecular weight excluding hydrogens is 388 g/mol. The molecule has 1 N–H and O–H groups in total. The van der Waals surface area contributed by atoms with Gasteiger partial charge >= 0.3 is 5.97 Å². The summed E-state index contributed by atoms with van der Waals surface area (Å²) < 4.78 is 5.41. The molecular formula is C26H28N2O3. The number of pyridine rings is 1. The van der Waals surface area contributed by atoms with Crippen LogP contribution >= 0.6 is 0 Å². The number of hydrogen-bond donors (Lipinski definition) is 1. The molecule has 1 aliphatic carbocycles. The van der Waals surface area contributed by atoms with Gasteiger partial charge in [0.1, 0.15) is 0 Å². The average molecular weight is 417 g/mol. The Balaban J connectivity index is 1.52. The highest BCUT2D eigenvalue weighted by molar-refractivity contribution is 6.05. The molecule has 1 fully saturated rings. The van der Waals surface area contributed by atoms with Crippen molar-refractivity contribution >= 4 is 22.8 Å². The molecule has 1 saturated carbocycles. The molecule has 1 amide bonds. The third-order valence-corrected chi connectivity index (χ3v) is 6.08. The van der Waals surface area contributed by atoms with Crippen molar-refractivity contribution in [3.8, 4) is 11.3 Å². The van der Waals surface area contributed by atoms with Crippen molar-refractivity contribution in [2.75, 3.05) is 6.61 Å². The van der Waals surface area contributed by atoms with Crippen molar-refractivity contribution in [3.63, 3.8) is 0 Å². The van der Waals surface area contributed by atoms with Crippen molar-refractivity contribution in [2.24, 2.45) is 5.92 Å². The van der Waals surface area contributed by atoms with Crippen LogP contribution in [0.5, 0.6) is 0 Å². The second-order valence-electron chi connectivity index (χ2n) is 8.45. The van der Waals surface area contributed by atoms with E-state index in [-0.39, 0.29) is 18.6 Å². The summed E-state index contributed by atoms with van der Waals surface area (Å²) >= 11 is 0. The van der Waals surface area contributed by atoms with Gasteiger partial charge in [-0.15, -0.1) is 0 Å². The Kier molecular flexibility index (Phi) is 6.31. The second kappa shape index (κ2) is 9.29. The van der Waals surface area contributed by atoms with Crippen LogP contribution in [0.3, 0.4) is 0 Å². The summed E-state index contributed by atoms with van der Waals surface area (Å²) in [5.74, 6) is -0.308. The maximum atomic E-state index is 12.9. The number of nitrogens with zero attached hydrogens (tertiary/aromatic N) is 1. The minimum Gasteiger partial charge on any atom is -0.452 e. The van der Waals surface area contributed by atoms with Crippen LogP contribution in [0.4, 0.5) is 0 Å². The fourth-order valence-electron chi connectivity index (χ4n) is 4.20. The number of aryl methyl sites for hydroxylation is 1. The summed E-state index contributed by atoms with van der Waals surface area (Å²) in [4.78, 5) is 30.0. The monoisotopic (exact) mass is 416 g/mol. The zero-order valence-corrected chi connectivity index (χ0v) is 18.1. The number of benzene rings is 2. The number of carbonyl (C=O) groups excluding carboxylic acids is 2. The number of rotatable bonds is 5. The fourth-order valence-corrected chi connectivity index (χ4v) is 4.20. The average Bonchev–Trinajstić information content (AvgIpc) is 2.79. The van der Waals surface area contributed by atoms with Crippen LogP contribution in [-0.2, 0) is 9.53 Å². The Bertz CT molecular complexity index is 1090. The van der Waals surface area contributed by atoms with E-state index in [2.05, 4.69) is 12.2 Å². The lowest BCUT2D eigenvalue weighted by Gasteiger charge is -2.29. The van der Waals surface area contributed by atoms with Gasteiger partial charge in [-0.1, -0.05) is 67.8 Å². The van der Waals surface area contributed by atoms with Crippen molar-refractivity contribution < 1.29 is 14.3 Å². The molecule has 1 heterocycles. The summed E-state index contributed by atoms with van der Waals surface area (Å²) in [7, 11) is 0. The summed E-state index contributed by atoms with van der Waals surface area (Å²) in [6, 6.07) is 17.4. The van der Waals surface area contributed by atoms with E-state index in [1.54, 1.807) is 6.07 Å². The van der Waals surface area contributed by atoms with Crippen LogP contribution in [0.25, 0.3) is 22.2 Å². The SMILES string of the molecule is Cc1ccc(-c2cc(C(=O)OCC(=O)N[C@@H]3CCCC[C@H]3C)c3ccccc3n2)cc1. The van der Waals surface area contributed by atoms with Crippen molar-refractivity contribution in [1.29, 1.82) is 0 Å². The van der Waals surface area contributed by atoms with Gasteiger partial charge in [0.05, 0.1) is 16.8 Å². The molecule has 160 valence electrons. The van der Waals surface area contributed by atoms with Crippen molar-refractivity contribution in [3.05, 3.63) is 65.7 Å². The number of aromatic nitrogens is 1. The molecule has 3 aromatic rings. The Hall–Kier alpha value is -3.21. The molecule has 5 nitrogen and oxygen atoms in total. The molecule has 2 aromatic carbocycles. The van der Waals surface area contributed by atoms with E-state index in [0.717, 1.165) is 30.4 Å². The van der Waals surface area contributed by atoms with E-state index in [1.807, 2.05) is 55.5 Å². The number of carbonyl (C=O) groups is 2. The largest absolute Gasteiger partial charge is 0.452 e. The fraction of sp³-hybridized carbons (Fsp3) is 0.346. The third-order valence-electron chi connectivity index (χ3n) is 6.08. The summed E-state index contributed by atoms with van der Waals surface area (Å²) in [5, 5.41) is 3.74. The Morgan fingerprint density at radius 3 is 2.58 bits per heavy atom. The standard InChI is InChI=1S/C26H28N2O3/c1-17-11-13-19(14-12-17)24-15-21(20-8-4-6-10-23(20)27-24)26(30)31-16-25(29)28-22-9-5-3-7-18(22)2/h4,6,8,10-15,18,22H,3,5,7,9,16H2,1-2H3,(H,28,29)/t18-,22-/m1/s1. The summed E-state index contributed by atoms with van der Waals surface area (Å²) in [5.41, 5.74) is 3.91. The third kappa shape index (κ3) is 4.93. The first-order valence-electron chi connectivity index (χ1n) is 10.9. The molecule has 0 spiro atoms. The number of para-hydroxylation sites is 1. The number of nitrogens with one attached hydrogen (secondary N) is 1. The quantitative estimate of drug-likeness (QED) is 0.590. The van der Waals surface area contributed by atoms with Crippen LogP contribution in [0.2, 0.25) is 0 Å². The van der Waals surface area contributed by atoms with E-state index in [4.69, 9.17) is 9.72 Å². The molecule has 1 aromatic heterocycles. The highest BCUT2D eigenvalue weighted by Gasteiger charge is 2.23. The number of ether oxygens (including phenoxy) is 1. The van der Waals surface area contributed by atoms with Gasteiger partial charge in [-0.25, -0.2) is 9.78 Å². The zero-order valence-electron chi connectivity index (χ0n) is 18.1. The summed E-state index contributed by atoms with van der Waals surface area (Å²) in [6.45, 7) is 3.91. The zero-order chi connectivity index (χ0) is 21.8. The van der Waals surface area contributed by atoms with Gasteiger partial charge in [-0.3, -0.25) is 4.79 Å². The number of amides is 1. The van der Waals surface area contributed by atoms with Crippen LogP contribution in [0.1, 0.15) is 48.5 Å². The lowest BCUT2D eigenvalue weighted by atomic mass is 9.86. The Labute approximate surface area is 182 Å². The lowest BCUT2D eigenvalue weighted by Crippen LogP contribution is -2.42. The molecule has 0 saturated heterocycles. The van der Waals surface area contributed by atoms with Crippen molar-refractivity contribution in [2.45, 2.75) is 45.6 Å². The molecule has 5 heteroatoms. The molecule has 0 aliphatic heterocycles. The van der Waals surface area contributed by atoms with E-state index >= 15 is 0 Å². The van der Waals surface area contributed by atoms with E-state index in [1.165, 1.54) is 6.42 Å². The van der Waals surface area contributed by atoms with Gasteiger partial charge in [0.2, 0.25) is 0 Å². The van der Waals surface area contributed by atoms with Crippen molar-refractivity contribution in [1.82, 2.24) is 10.3 Å². The Morgan fingerprint density at radius 2 is 1.81 bits per heavy atom. The molecule has 0 unspecified atom stereocenters. The predicted molar refractivity (Wildman–Crippen MR) is 122 cm³/mol. The smallest absolute Gasteiger partial charge is 0.339 e. The topological polar surface area (TPSA) is 68.3 Å². The first-order chi connectivity index (χ1) is 15.0. The highest BCUT2D eigenvalue weighted by Crippen LogP contribution is 2.26. The van der Waals surface area contributed by atoms with Crippen LogP contribution in [-0.4, -0.2) is 29.5 Å².